The van der Waals surface area contributed by atoms with E-state index in [1.807, 2.05) is 0 Å². The maximum absolute atomic E-state index is 12.7. The molecular weight excluding hydrogens is 339 g/mol. The molecular formula is C15H24ClFN4O3. The number of methoxy groups -OCH3 is 1. The maximum Gasteiger partial charge on any atom is 0.315 e. The van der Waals surface area contributed by atoms with Crippen LogP contribution < -0.4 is 21.3 Å². The topological polar surface area (TPSA) is 91.5 Å². The second-order valence-electron chi connectivity index (χ2n) is 4.76. The number of halogens is 2. The van der Waals surface area contributed by atoms with Crippen molar-refractivity contribution in [3.63, 3.8) is 0 Å². The fourth-order valence-electron chi connectivity index (χ4n) is 1.66. The van der Waals surface area contributed by atoms with Crippen LogP contribution in [-0.2, 0) is 16.1 Å². The van der Waals surface area contributed by atoms with E-state index in [0.29, 0.717) is 19.7 Å². The molecule has 0 aliphatic heterocycles. The molecule has 0 radical (unpaired) electrons. The van der Waals surface area contributed by atoms with Crippen molar-refractivity contribution in [3.05, 3.63) is 35.6 Å². The molecule has 0 unspecified atom stereocenters. The molecule has 9 heteroatoms. The highest BCUT2D eigenvalue weighted by molar-refractivity contribution is 5.85. The number of hydrogen-bond acceptors (Lipinski definition) is 4. The summed E-state index contributed by atoms with van der Waals surface area (Å²) >= 11 is 0. The molecule has 0 aliphatic rings. The van der Waals surface area contributed by atoms with Crippen molar-refractivity contribution < 1.29 is 18.7 Å². The molecule has 1 aromatic rings. The third-order valence-corrected chi connectivity index (χ3v) is 2.88. The molecule has 0 spiro atoms. The molecule has 0 fully saturated rings. The molecule has 24 heavy (non-hydrogen) atoms. The van der Waals surface area contributed by atoms with Crippen LogP contribution in [0.2, 0.25) is 0 Å². The number of rotatable bonds is 10. The van der Waals surface area contributed by atoms with Gasteiger partial charge in [-0.25, -0.2) is 9.18 Å². The van der Waals surface area contributed by atoms with Crippen molar-refractivity contribution in [1.82, 2.24) is 21.3 Å². The zero-order valence-corrected chi connectivity index (χ0v) is 14.4. The summed E-state index contributed by atoms with van der Waals surface area (Å²) in [6.07, 6.45) is 0. The van der Waals surface area contributed by atoms with E-state index in [9.17, 15) is 14.0 Å². The van der Waals surface area contributed by atoms with E-state index in [1.54, 1.807) is 19.2 Å². The third kappa shape index (κ3) is 10.8. The Labute approximate surface area is 147 Å². The fourth-order valence-corrected chi connectivity index (χ4v) is 1.66. The van der Waals surface area contributed by atoms with Gasteiger partial charge in [-0.3, -0.25) is 4.79 Å². The highest BCUT2D eigenvalue weighted by atomic mass is 35.5. The van der Waals surface area contributed by atoms with Crippen molar-refractivity contribution in [3.8, 4) is 0 Å². The van der Waals surface area contributed by atoms with Crippen LogP contribution in [0.25, 0.3) is 0 Å². The van der Waals surface area contributed by atoms with Crippen LogP contribution in [-0.4, -0.2) is 51.8 Å². The van der Waals surface area contributed by atoms with Crippen LogP contribution >= 0.6 is 12.4 Å². The summed E-state index contributed by atoms with van der Waals surface area (Å²) in [6.45, 7) is 2.60. The molecule has 0 aromatic heterocycles. The van der Waals surface area contributed by atoms with Crippen molar-refractivity contribution >= 4 is 24.3 Å². The van der Waals surface area contributed by atoms with Gasteiger partial charge in [0.1, 0.15) is 5.82 Å². The van der Waals surface area contributed by atoms with Gasteiger partial charge < -0.3 is 26.0 Å². The molecule has 3 amide bonds. The SMILES string of the molecule is COCCNCCNC(=O)CNC(=O)NCc1ccc(F)cc1.Cl. The van der Waals surface area contributed by atoms with Gasteiger partial charge in [-0.15, -0.1) is 12.4 Å². The largest absolute Gasteiger partial charge is 0.383 e. The lowest BCUT2D eigenvalue weighted by atomic mass is 10.2. The summed E-state index contributed by atoms with van der Waals surface area (Å²) in [7, 11) is 1.62. The first-order valence-corrected chi connectivity index (χ1v) is 7.34. The molecule has 0 bridgehead atoms. The molecule has 0 saturated carbocycles. The molecule has 0 heterocycles. The quantitative estimate of drug-likeness (QED) is 0.453. The first-order chi connectivity index (χ1) is 11.1. The minimum Gasteiger partial charge on any atom is -0.383 e. The Morgan fingerprint density at radius 1 is 1.04 bits per heavy atom. The van der Waals surface area contributed by atoms with Gasteiger partial charge in [0.15, 0.2) is 0 Å². The standard InChI is InChI=1S/C15H23FN4O3.ClH/c1-23-9-8-17-6-7-18-14(21)11-20-15(22)19-10-12-2-4-13(16)5-3-12;/h2-5,17H,6-11H2,1H3,(H,18,21)(H2,19,20,22);1H. The number of nitrogens with one attached hydrogen (secondary N) is 4. The van der Waals surface area contributed by atoms with E-state index in [1.165, 1.54) is 12.1 Å². The van der Waals surface area contributed by atoms with Crippen molar-refractivity contribution in [2.75, 3.05) is 39.9 Å². The van der Waals surface area contributed by atoms with Gasteiger partial charge in [-0.05, 0) is 17.7 Å². The van der Waals surface area contributed by atoms with Crippen LogP contribution in [0.5, 0.6) is 0 Å². The predicted molar refractivity (Wildman–Crippen MR) is 91.6 cm³/mol. The highest BCUT2D eigenvalue weighted by Gasteiger charge is 2.04. The molecule has 1 aromatic carbocycles. The summed E-state index contributed by atoms with van der Waals surface area (Å²) in [4.78, 5) is 23.0. The van der Waals surface area contributed by atoms with Gasteiger partial charge in [0.05, 0.1) is 13.2 Å². The van der Waals surface area contributed by atoms with Gasteiger partial charge in [0.2, 0.25) is 5.91 Å². The Balaban J connectivity index is 0.00000529. The second kappa shape index (κ2) is 13.5. The number of benzene rings is 1. The van der Waals surface area contributed by atoms with E-state index < -0.39 is 6.03 Å². The monoisotopic (exact) mass is 362 g/mol. The smallest absolute Gasteiger partial charge is 0.315 e. The number of carbonyl (C=O) groups excluding carboxylic acids is 2. The highest BCUT2D eigenvalue weighted by Crippen LogP contribution is 2.01. The van der Waals surface area contributed by atoms with E-state index >= 15 is 0 Å². The minimum absolute atomic E-state index is 0. The maximum atomic E-state index is 12.7. The van der Waals surface area contributed by atoms with Gasteiger partial charge >= 0.3 is 6.03 Å². The minimum atomic E-state index is -0.456. The lowest BCUT2D eigenvalue weighted by molar-refractivity contribution is -0.120. The van der Waals surface area contributed by atoms with Crippen LogP contribution in [0, 0.1) is 5.82 Å². The summed E-state index contributed by atoms with van der Waals surface area (Å²) in [5, 5.41) is 10.8. The van der Waals surface area contributed by atoms with E-state index in [2.05, 4.69) is 21.3 Å². The summed E-state index contributed by atoms with van der Waals surface area (Å²) < 4.78 is 17.6. The van der Waals surface area contributed by atoms with Crippen LogP contribution in [0.15, 0.2) is 24.3 Å². The molecule has 1 rings (SSSR count). The lowest BCUT2D eigenvalue weighted by Crippen LogP contribution is -2.43. The van der Waals surface area contributed by atoms with E-state index in [4.69, 9.17) is 4.74 Å². The van der Waals surface area contributed by atoms with Crippen LogP contribution in [0.4, 0.5) is 9.18 Å². The lowest BCUT2D eigenvalue weighted by Gasteiger charge is -2.09. The average Bonchev–Trinajstić information content (AvgIpc) is 2.55. The Morgan fingerprint density at radius 2 is 1.75 bits per heavy atom. The predicted octanol–water partition coefficient (Wildman–Crippen LogP) is 0.399. The van der Waals surface area contributed by atoms with Crippen molar-refractivity contribution in [2.45, 2.75) is 6.54 Å². The Kier molecular flexibility index (Phi) is 12.5. The Bertz CT molecular complexity index is 488. The number of carbonyl (C=O) groups is 2. The first kappa shape index (κ1) is 22.1. The normalized spacial score (nSPS) is 9.75. The number of urea groups is 1. The van der Waals surface area contributed by atoms with E-state index in [-0.39, 0.29) is 37.2 Å². The van der Waals surface area contributed by atoms with Crippen LogP contribution in [0.3, 0.4) is 0 Å². The van der Waals surface area contributed by atoms with Gasteiger partial charge in [0, 0.05) is 33.3 Å². The second-order valence-corrected chi connectivity index (χ2v) is 4.76. The zero-order valence-electron chi connectivity index (χ0n) is 13.6. The third-order valence-electron chi connectivity index (χ3n) is 2.88. The number of amides is 3. The van der Waals surface area contributed by atoms with E-state index in [0.717, 1.165) is 12.1 Å². The molecule has 7 nitrogen and oxygen atoms in total. The number of hydrogen-bond donors (Lipinski definition) is 4. The van der Waals surface area contributed by atoms with Crippen molar-refractivity contribution in [2.24, 2.45) is 0 Å². The summed E-state index contributed by atoms with van der Waals surface area (Å²) in [5.74, 6) is -0.595. The molecule has 136 valence electrons. The molecule has 4 N–H and O–H groups in total. The Morgan fingerprint density at radius 3 is 2.42 bits per heavy atom. The van der Waals surface area contributed by atoms with Crippen LogP contribution in [0.1, 0.15) is 5.56 Å². The molecule has 0 atom stereocenters. The number of ether oxygens (including phenoxy) is 1. The molecule has 0 saturated heterocycles. The average molecular weight is 363 g/mol. The fraction of sp³-hybridized carbons (Fsp3) is 0.467. The zero-order chi connectivity index (χ0) is 16.9. The Hall–Kier alpha value is -1.90. The summed E-state index contributed by atoms with van der Waals surface area (Å²) in [5.41, 5.74) is 0.771. The van der Waals surface area contributed by atoms with Gasteiger partial charge in [-0.2, -0.15) is 0 Å². The van der Waals surface area contributed by atoms with Crippen molar-refractivity contribution in [1.29, 1.82) is 0 Å². The summed E-state index contributed by atoms with van der Waals surface area (Å²) in [6, 6.07) is 5.35. The first-order valence-electron chi connectivity index (χ1n) is 7.34. The van der Waals surface area contributed by atoms with Gasteiger partial charge in [-0.1, -0.05) is 12.1 Å². The van der Waals surface area contributed by atoms with Gasteiger partial charge in [0.25, 0.3) is 0 Å². The molecule has 0 aliphatic carbocycles.